The summed E-state index contributed by atoms with van der Waals surface area (Å²) in [6.45, 7) is 4.39. The molecule has 1 saturated heterocycles. The lowest BCUT2D eigenvalue weighted by atomic mass is 9.48. The van der Waals surface area contributed by atoms with Crippen LogP contribution in [0, 0.1) is 23.2 Å². The van der Waals surface area contributed by atoms with Crippen LogP contribution in [0.5, 0.6) is 0 Å². The zero-order valence-corrected chi connectivity index (χ0v) is 24.4. The monoisotopic (exact) mass is 592 g/mol. The van der Waals surface area contributed by atoms with Crippen LogP contribution >= 0.6 is 11.3 Å². The lowest BCUT2D eigenvalue weighted by molar-refractivity contribution is -0.247. The average molecular weight is 593 g/mol. The number of carbonyl (C=O) groups excluding carboxylic acids is 5. The van der Waals surface area contributed by atoms with Crippen molar-refractivity contribution < 1.29 is 47.7 Å². The molecule has 0 unspecified atom stereocenters. The molecule has 12 nitrogen and oxygen atoms in total. The van der Waals surface area contributed by atoms with Gasteiger partial charge in [-0.3, -0.25) is 24.0 Å². The van der Waals surface area contributed by atoms with E-state index >= 15 is 0 Å². The molecule has 1 aromatic heterocycles. The first-order valence-electron chi connectivity index (χ1n) is 14.0. The van der Waals surface area contributed by atoms with Crippen molar-refractivity contribution >= 4 is 46.1 Å². The highest BCUT2D eigenvalue weighted by Gasteiger charge is 2.55. The molecular formula is C28H36N2O10S. The first kappa shape index (κ1) is 29.4. The Morgan fingerprint density at radius 1 is 0.854 bits per heavy atom. The van der Waals surface area contributed by atoms with Gasteiger partial charge in [-0.2, -0.15) is 0 Å². The predicted molar refractivity (Wildman–Crippen MR) is 143 cm³/mol. The number of ketones is 1. The minimum absolute atomic E-state index is 0.128. The van der Waals surface area contributed by atoms with Gasteiger partial charge in [0.05, 0.1) is 11.1 Å². The molecule has 4 aliphatic carbocycles. The van der Waals surface area contributed by atoms with Crippen LogP contribution in [0.15, 0.2) is 6.20 Å². The Kier molecular flexibility index (Phi) is 8.38. The third kappa shape index (κ3) is 6.40. The van der Waals surface area contributed by atoms with E-state index < -0.39 is 54.5 Å². The molecule has 0 spiro atoms. The summed E-state index contributed by atoms with van der Waals surface area (Å²) in [5.74, 6) is -0.727. The normalized spacial score (nSPS) is 35.3. The van der Waals surface area contributed by atoms with Gasteiger partial charge in [0.25, 0.3) is 0 Å². The fraction of sp³-hybridized carbons (Fsp3) is 0.714. The number of rotatable bonds is 9. The molecule has 0 radical (unpaired) electrons. The Morgan fingerprint density at radius 3 is 1.93 bits per heavy atom. The van der Waals surface area contributed by atoms with Gasteiger partial charge in [-0.25, -0.2) is 4.98 Å². The number of nitrogens with one attached hydrogen (secondary N) is 1. The average Bonchev–Trinajstić information content (AvgIpc) is 3.32. The van der Waals surface area contributed by atoms with Crippen molar-refractivity contribution in [3.8, 4) is 0 Å². The SMILES string of the molecule is CC(=O)OC[C@H]1O[C@@H](Nc2ncc(C(=O)C34CC5CC(CC(C5)C3)C4)s2)[C@@H](OC(C)=O)[C@@H](OC(C)=O)[C@@H]1OC(C)=O. The van der Waals surface area contributed by atoms with Crippen molar-refractivity contribution in [3.05, 3.63) is 11.1 Å². The third-order valence-electron chi connectivity index (χ3n) is 8.51. The summed E-state index contributed by atoms with van der Waals surface area (Å²) < 4.78 is 27.6. The van der Waals surface area contributed by atoms with Crippen molar-refractivity contribution in [1.82, 2.24) is 4.98 Å². The molecule has 0 amide bonds. The molecule has 4 bridgehead atoms. The molecule has 1 aliphatic heterocycles. The Hall–Kier alpha value is -3.06. The topological polar surface area (TPSA) is 156 Å². The molecule has 5 atom stereocenters. The number of aromatic nitrogens is 1. The highest BCUT2D eigenvalue weighted by molar-refractivity contribution is 7.17. The third-order valence-corrected chi connectivity index (χ3v) is 9.43. The Labute approximate surface area is 241 Å². The smallest absolute Gasteiger partial charge is 0.303 e. The first-order valence-corrected chi connectivity index (χ1v) is 14.8. The molecule has 6 rings (SSSR count). The number of nitrogens with zero attached hydrogens (tertiary/aromatic N) is 1. The molecule has 41 heavy (non-hydrogen) atoms. The van der Waals surface area contributed by atoms with E-state index in [1.54, 1.807) is 6.20 Å². The van der Waals surface area contributed by atoms with Gasteiger partial charge < -0.3 is 29.0 Å². The van der Waals surface area contributed by atoms with Crippen molar-refractivity contribution in [2.24, 2.45) is 23.2 Å². The van der Waals surface area contributed by atoms with E-state index in [1.165, 1.54) is 44.4 Å². The molecule has 1 N–H and O–H groups in total. The van der Waals surface area contributed by atoms with E-state index in [9.17, 15) is 24.0 Å². The van der Waals surface area contributed by atoms with E-state index in [2.05, 4.69) is 10.3 Å². The molecule has 224 valence electrons. The van der Waals surface area contributed by atoms with Crippen molar-refractivity contribution in [2.75, 3.05) is 11.9 Å². The Balaban J connectivity index is 1.39. The van der Waals surface area contributed by atoms with Gasteiger partial charge >= 0.3 is 23.9 Å². The number of hydrogen-bond acceptors (Lipinski definition) is 13. The van der Waals surface area contributed by atoms with Crippen LogP contribution in [-0.2, 0) is 42.9 Å². The quantitative estimate of drug-likeness (QED) is 0.254. The predicted octanol–water partition coefficient (Wildman–Crippen LogP) is 3.04. The van der Waals surface area contributed by atoms with Crippen LogP contribution in [0.4, 0.5) is 5.13 Å². The number of Topliss-reactive ketones (excluding diaryl/α,β-unsaturated/α-hetero) is 1. The van der Waals surface area contributed by atoms with Crippen LogP contribution in [0.2, 0.25) is 0 Å². The highest BCUT2D eigenvalue weighted by atomic mass is 32.1. The van der Waals surface area contributed by atoms with E-state index in [0.29, 0.717) is 27.8 Å². The second-order valence-corrected chi connectivity index (χ2v) is 12.9. The number of anilines is 1. The summed E-state index contributed by atoms with van der Waals surface area (Å²) in [5, 5.41) is 3.40. The maximum atomic E-state index is 13.8. The summed E-state index contributed by atoms with van der Waals surface area (Å²) in [4.78, 5) is 66.4. The number of hydrogen-bond donors (Lipinski definition) is 1. The van der Waals surface area contributed by atoms with E-state index in [4.69, 9.17) is 23.7 Å². The molecule has 5 aliphatic rings. The zero-order chi connectivity index (χ0) is 29.5. The van der Waals surface area contributed by atoms with Gasteiger partial charge in [-0.1, -0.05) is 11.3 Å². The summed E-state index contributed by atoms with van der Waals surface area (Å²) in [7, 11) is 0. The molecule has 4 saturated carbocycles. The fourth-order valence-corrected chi connectivity index (χ4v) is 8.47. The van der Waals surface area contributed by atoms with E-state index in [0.717, 1.165) is 33.1 Å². The van der Waals surface area contributed by atoms with Gasteiger partial charge in [0.2, 0.25) is 0 Å². The second-order valence-electron chi connectivity index (χ2n) is 11.8. The van der Waals surface area contributed by atoms with Crippen LogP contribution in [0.1, 0.15) is 75.9 Å². The number of carbonyl (C=O) groups is 5. The Morgan fingerprint density at radius 2 is 1.39 bits per heavy atom. The van der Waals surface area contributed by atoms with E-state index in [1.807, 2.05) is 0 Å². The summed E-state index contributed by atoms with van der Waals surface area (Å²) >= 11 is 1.18. The molecule has 13 heteroatoms. The van der Waals surface area contributed by atoms with Crippen LogP contribution in [0.3, 0.4) is 0 Å². The highest BCUT2D eigenvalue weighted by Crippen LogP contribution is 2.61. The van der Waals surface area contributed by atoms with Gasteiger partial charge in [0.1, 0.15) is 12.7 Å². The minimum Gasteiger partial charge on any atom is -0.463 e. The standard InChI is InChI=1S/C28H36N2O10S/c1-13(31)36-12-20-22(37-14(2)32)23(38-15(3)33)24(39-16(4)34)26(40-20)30-27-29-11-21(41-27)25(35)28-8-17-5-18(9-28)7-19(6-17)10-28/h11,17-20,22-24,26H,5-10,12H2,1-4H3,(H,29,30)/t17?,18?,19?,20-,22-,23+,24+,26-,28?/m1/s1. The van der Waals surface area contributed by atoms with E-state index in [-0.39, 0.29) is 17.8 Å². The van der Waals surface area contributed by atoms with Crippen molar-refractivity contribution in [2.45, 2.75) is 96.9 Å². The lowest BCUT2D eigenvalue weighted by Gasteiger charge is -2.55. The van der Waals surface area contributed by atoms with Crippen LogP contribution < -0.4 is 5.32 Å². The zero-order valence-electron chi connectivity index (χ0n) is 23.6. The van der Waals surface area contributed by atoms with Gasteiger partial charge in [-0.15, -0.1) is 0 Å². The summed E-state index contributed by atoms with van der Waals surface area (Å²) in [6.07, 6.45) is 1.99. The van der Waals surface area contributed by atoms with Crippen molar-refractivity contribution in [1.29, 1.82) is 0 Å². The minimum atomic E-state index is -1.29. The first-order chi connectivity index (χ1) is 19.4. The fourth-order valence-electron chi connectivity index (χ4n) is 7.56. The molecular weight excluding hydrogens is 556 g/mol. The summed E-state index contributed by atoms with van der Waals surface area (Å²) in [6, 6.07) is 0. The number of ether oxygens (including phenoxy) is 5. The molecule has 0 aromatic carbocycles. The largest absolute Gasteiger partial charge is 0.463 e. The molecule has 5 fully saturated rings. The maximum Gasteiger partial charge on any atom is 0.303 e. The van der Waals surface area contributed by atoms with Gasteiger partial charge in [0, 0.05) is 33.1 Å². The van der Waals surface area contributed by atoms with Crippen LogP contribution in [-0.4, -0.2) is 71.9 Å². The van der Waals surface area contributed by atoms with Crippen molar-refractivity contribution in [3.63, 3.8) is 0 Å². The second kappa shape index (κ2) is 11.7. The lowest BCUT2D eigenvalue weighted by Crippen LogP contribution is -2.64. The molecule has 1 aromatic rings. The van der Waals surface area contributed by atoms with Gasteiger partial charge in [-0.05, 0) is 56.3 Å². The Bertz CT molecular complexity index is 1180. The maximum absolute atomic E-state index is 13.8. The molecule has 2 heterocycles. The summed E-state index contributed by atoms with van der Waals surface area (Å²) in [5.41, 5.74) is -0.326. The van der Waals surface area contributed by atoms with Crippen LogP contribution in [0.25, 0.3) is 0 Å². The number of esters is 4. The number of thiazole rings is 1. The van der Waals surface area contributed by atoms with Gasteiger partial charge in [0.15, 0.2) is 35.5 Å².